The van der Waals surface area contributed by atoms with Crippen LogP contribution in [0.1, 0.15) is 32.1 Å². The van der Waals surface area contributed by atoms with Gasteiger partial charge < -0.3 is 14.7 Å². The normalized spacial score (nSPS) is 26.8. The van der Waals surface area contributed by atoms with E-state index in [9.17, 15) is 18.3 Å². The van der Waals surface area contributed by atoms with E-state index in [0.29, 0.717) is 0 Å². The van der Waals surface area contributed by atoms with E-state index < -0.39 is 33.1 Å². The molecule has 6 nitrogen and oxygen atoms in total. The molecule has 0 bridgehead atoms. The summed E-state index contributed by atoms with van der Waals surface area (Å²) in [5, 5.41) is 8.69. The number of carboxylic acids is 1. The van der Waals surface area contributed by atoms with Crippen LogP contribution in [0, 0.1) is 5.92 Å². The largest absolute Gasteiger partial charge is 0.481 e. The summed E-state index contributed by atoms with van der Waals surface area (Å²) in [5.74, 6) is -1.84. The molecule has 3 rings (SSSR count). The van der Waals surface area contributed by atoms with Crippen molar-refractivity contribution in [2.75, 3.05) is 25.1 Å². The zero-order valence-corrected chi connectivity index (χ0v) is 16.3. The van der Waals surface area contributed by atoms with E-state index in [1.165, 1.54) is 13.5 Å². The summed E-state index contributed by atoms with van der Waals surface area (Å²) >= 11 is 6.33. The summed E-state index contributed by atoms with van der Waals surface area (Å²) in [6.45, 7) is 1.89. The van der Waals surface area contributed by atoms with Crippen LogP contribution >= 0.6 is 11.6 Å². The van der Waals surface area contributed by atoms with Crippen molar-refractivity contribution < 1.29 is 23.1 Å². The van der Waals surface area contributed by atoms with Crippen LogP contribution < -0.4 is 4.90 Å². The molecule has 1 aromatic carbocycles. The Bertz CT molecular complexity index is 776. The number of anilines is 1. The van der Waals surface area contributed by atoms with Gasteiger partial charge in [0.2, 0.25) is 0 Å². The van der Waals surface area contributed by atoms with E-state index >= 15 is 0 Å². The lowest BCUT2D eigenvalue weighted by molar-refractivity contribution is -0.145. The van der Waals surface area contributed by atoms with E-state index in [-0.39, 0.29) is 22.8 Å². The first kappa shape index (κ1) is 19.5. The molecule has 0 amide bonds. The number of hydrogen-bond donors (Lipinski definition) is 1. The first-order valence-corrected chi connectivity index (χ1v) is 10.8. The van der Waals surface area contributed by atoms with Crippen molar-refractivity contribution in [3.63, 3.8) is 0 Å². The fourth-order valence-electron chi connectivity index (χ4n) is 3.98. The maximum Gasteiger partial charge on any atom is 0.309 e. The quantitative estimate of drug-likeness (QED) is 0.816. The fraction of sp³-hybridized carbons (Fsp3) is 0.611. The van der Waals surface area contributed by atoms with Gasteiger partial charge in [0.15, 0.2) is 9.84 Å². The highest BCUT2D eigenvalue weighted by Gasteiger charge is 2.45. The topological polar surface area (TPSA) is 83.9 Å². The summed E-state index contributed by atoms with van der Waals surface area (Å²) < 4.78 is 31.2. The van der Waals surface area contributed by atoms with Crippen molar-refractivity contribution in [3.05, 3.63) is 23.2 Å². The molecule has 144 valence electrons. The van der Waals surface area contributed by atoms with Crippen LogP contribution in [0.3, 0.4) is 0 Å². The smallest absolute Gasteiger partial charge is 0.309 e. The Balaban J connectivity index is 1.84. The second-order valence-electron chi connectivity index (χ2n) is 7.02. The molecule has 2 fully saturated rings. The predicted molar refractivity (Wildman–Crippen MR) is 99.6 cm³/mol. The molecule has 0 spiro atoms. The van der Waals surface area contributed by atoms with Gasteiger partial charge >= 0.3 is 5.97 Å². The van der Waals surface area contributed by atoms with Crippen molar-refractivity contribution in [3.8, 4) is 0 Å². The molecule has 3 atom stereocenters. The number of hydrogen-bond acceptors (Lipinski definition) is 5. The lowest BCUT2D eigenvalue weighted by Crippen LogP contribution is -2.29. The summed E-state index contributed by atoms with van der Waals surface area (Å²) in [7, 11) is -2.31. The molecule has 1 N–H and O–H groups in total. The molecule has 1 aliphatic carbocycles. The van der Waals surface area contributed by atoms with Crippen molar-refractivity contribution in [2.24, 2.45) is 5.92 Å². The SMILES string of the molecule is CO[C@H]1C[C@@H](S(=O)(=O)c2ccc(N3CCCCC3)cc2Cl)C[C@@H]1C(=O)O. The van der Waals surface area contributed by atoms with E-state index in [4.69, 9.17) is 16.3 Å². The Hall–Kier alpha value is -1.31. The molecular formula is C18H24ClNO5S. The molecule has 1 saturated heterocycles. The third-order valence-corrected chi connectivity index (χ3v) is 8.12. The number of aliphatic carboxylic acids is 1. The van der Waals surface area contributed by atoms with Crippen molar-refractivity contribution in [1.29, 1.82) is 0 Å². The van der Waals surface area contributed by atoms with Crippen molar-refractivity contribution >= 4 is 33.1 Å². The average molecular weight is 402 g/mol. The Morgan fingerprint density at radius 1 is 1.23 bits per heavy atom. The minimum Gasteiger partial charge on any atom is -0.481 e. The van der Waals surface area contributed by atoms with Gasteiger partial charge in [-0.3, -0.25) is 4.79 Å². The van der Waals surface area contributed by atoms with Crippen LogP contribution in [0.25, 0.3) is 0 Å². The first-order chi connectivity index (χ1) is 12.3. The van der Waals surface area contributed by atoms with Gasteiger partial charge in [0.05, 0.1) is 27.2 Å². The van der Waals surface area contributed by atoms with Gasteiger partial charge in [0, 0.05) is 25.9 Å². The fourth-order valence-corrected chi connectivity index (χ4v) is 6.33. The Morgan fingerprint density at radius 2 is 1.92 bits per heavy atom. The van der Waals surface area contributed by atoms with Gasteiger partial charge in [-0.1, -0.05) is 11.6 Å². The summed E-state index contributed by atoms with van der Waals surface area (Å²) in [6.07, 6.45) is 3.06. The minimum atomic E-state index is -3.72. The number of carboxylic acid groups (broad SMARTS) is 1. The number of ether oxygens (including phenoxy) is 1. The number of sulfone groups is 1. The first-order valence-electron chi connectivity index (χ1n) is 8.88. The standard InChI is InChI=1S/C18H24ClNO5S/c1-25-16-11-13(10-14(16)18(21)22)26(23,24)17-6-5-12(9-15(17)19)20-7-3-2-4-8-20/h5-6,9,13-14,16H,2-4,7-8,10-11H2,1H3,(H,21,22)/t13-,14-,16-/m0/s1. The predicted octanol–water partition coefficient (Wildman–Crippen LogP) is 2.98. The number of piperidine rings is 1. The zero-order chi connectivity index (χ0) is 18.9. The monoisotopic (exact) mass is 401 g/mol. The van der Waals surface area contributed by atoms with Gasteiger partial charge in [0.1, 0.15) is 0 Å². The van der Waals surface area contributed by atoms with Crippen LogP contribution in [0.4, 0.5) is 5.69 Å². The van der Waals surface area contributed by atoms with Crippen LogP contribution in [-0.2, 0) is 19.4 Å². The highest BCUT2D eigenvalue weighted by atomic mass is 35.5. The number of halogens is 1. The molecule has 0 radical (unpaired) electrons. The molecule has 1 saturated carbocycles. The zero-order valence-electron chi connectivity index (χ0n) is 14.7. The third-order valence-electron chi connectivity index (χ3n) is 5.46. The van der Waals surface area contributed by atoms with E-state index in [1.807, 2.05) is 0 Å². The summed E-state index contributed by atoms with van der Waals surface area (Å²) in [6, 6.07) is 5.05. The van der Waals surface area contributed by atoms with Crippen LogP contribution in [-0.4, -0.2) is 51.0 Å². The summed E-state index contributed by atoms with van der Waals surface area (Å²) in [4.78, 5) is 13.6. The number of benzene rings is 1. The number of methoxy groups -OCH3 is 1. The van der Waals surface area contributed by atoms with Gasteiger partial charge in [-0.15, -0.1) is 0 Å². The highest BCUT2D eigenvalue weighted by molar-refractivity contribution is 7.92. The molecule has 0 unspecified atom stereocenters. The van der Waals surface area contributed by atoms with E-state index in [0.717, 1.165) is 31.6 Å². The van der Waals surface area contributed by atoms with E-state index in [2.05, 4.69) is 4.90 Å². The summed E-state index contributed by atoms with van der Waals surface area (Å²) in [5.41, 5.74) is 0.929. The highest BCUT2D eigenvalue weighted by Crippen LogP contribution is 2.38. The second-order valence-corrected chi connectivity index (χ2v) is 9.62. The van der Waals surface area contributed by atoms with Gasteiger partial charge in [-0.25, -0.2) is 8.42 Å². The Kier molecular flexibility index (Phi) is 5.79. The third kappa shape index (κ3) is 3.70. The molecule has 1 aliphatic heterocycles. The van der Waals surface area contributed by atoms with Crippen molar-refractivity contribution in [1.82, 2.24) is 0 Å². The number of nitrogens with zero attached hydrogens (tertiary/aromatic N) is 1. The number of carbonyl (C=O) groups is 1. The molecule has 1 aromatic rings. The lowest BCUT2D eigenvalue weighted by atomic mass is 10.1. The van der Waals surface area contributed by atoms with Crippen LogP contribution in [0.2, 0.25) is 5.02 Å². The average Bonchev–Trinajstić information content (AvgIpc) is 3.08. The molecule has 8 heteroatoms. The molecule has 0 aromatic heterocycles. The maximum atomic E-state index is 13.0. The second kappa shape index (κ2) is 7.74. The maximum absolute atomic E-state index is 13.0. The molecular weight excluding hydrogens is 378 g/mol. The Morgan fingerprint density at radius 3 is 2.46 bits per heavy atom. The lowest BCUT2D eigenvalue weighted by Gasteiger charge is -2.29. The molecule has 1 heterocycles. The van der Waals surface area contributed by atoms with Crippen LogP contribution in [0.5, 0.6) is 0 Å². The minimum absolute atomic E-state index is 0.0420. The molecule has 26 heavy (non-hydrogen) atoms. The van der Waals surface area contributed by atoms with Gasteiger partial charge in [0.25, 0.3) is 0 Å². The van der Waals surface area contributed by atoms with Gasteiger partial charge in [-0.05, 0) is 50.3 Å². The van der Waals surface area contributed by atoms with Gasteiger partial charge in [-0.2, -0.15) is 0 Å². The van der Waals surface area contributed by atoms with Crippen molar-refractivity contribution in [2.45, 2.75) is 48.4 Å². The van der Waals surface area contributed by atoms with E-state index in [1.54, 1.807) is 18.2 Å². The number of rotatable bonds is 5. The Labute approximate surface area is 159 Å². The van der Waals surface area contributed by atoms with Crippen LogP contribution in [0.15, 0.2) is 23.1 Å². The molecule has 2 aliphatic rings.